The maximum atomic E-state index is 14.2. The molecule has 5 heteroatoms. The van der Waals surface area contributed by atoms with Crippen LogP contribution in [0.3, 0.4) is 0 Å². The molecule has 1 N–H and O–H groups in total. The molecule has 0 spiro atoms. The number of ether oxygens (including phenoxy) is 2. The van der Waals surface area contributed by atoms with Crippen LogP contribution in [0.15, 0.2) is 34.8 Å². The summed E-state index contributed by atoms with van der Waals surface area (Å²) in [4.78, 5) is 0. The summed E-state index contributed by atoms with van der Waals surface area (Å²) in [5, 5.41) is 10.5. The highest BCUT2D eigenvalue weighted by atomic mass is 79.9. The molecule has 0 aliphatic carbocycles. The summed E-state index contributed by atoms with van der Waals surface area (Å²) in [6, 6.07) is 8.12. The van der Waals surface area contributed by atoms with Crippen molar-refractivity contribution < 1.29 is 19.0 Å². The molecule has 0 saturated heterocycles. The average Bonchev–Trinajstić information content (AvgIpc) is 2.46. The standard InChI is InChI=1S/C16H16BrFO3/c1-9-6-10(17)4-5-11(9)16(19)12-7-14(20-2)15(21-3)8-13(12)18/h4-8,16,19H,1-3H3. The van der Waals surface area contributed by atoms with E-state index in [1.165, 1.54) is 26.4 Å². The van der Waals surface area contributed by atoms with Gasteiger partial charge in [0, 0.05) is 16.1 Å². The zero-order valence-electron chi connectivity index (χ0n) is 12.0. The minimum Gasteiger partial charge on any atom is -0.493 e. The zero-order chi connectivity index (χ0) is 15.6. The summed E-state index contributed by atoms with van der Waals surface area (Å²) in [5.41, 5.74) is 1.66. The topological polar surface area (TPSA) is 38.7 Å². The number of aliphatic hydroxyl groups is 1. The van der Waals surface area contributed by atoms with Crippen LogP contribution in [0.25, 0.3) is 0 Å². The molecule has 0 amide bonds. The molecule has 2 aromatic rings. The summed E-state index contributed by atoms with van der Waals surface area (Å²) < 4.78 is 25.3. The van der Waals surface area contributed by atoms with Crippen LogP contribution in [0, 0.1) is 12.7 Å². The van der Waals surface area contributed by atoms with Crippen molar-refractivity contribution in [1.29, 1.82) is 0 Å². The smallest absolute Gasteiger partial charge is 0.163 e. The fourth-order valence-electron chi connectivity index (χ4n) is 2.19. The lowest BCUT2D eigenvalue weighted by atomic mass is 9.97. The number of aryl methyl sites for hydroxylation is 1. The van der Waals surface area contributed by atoms with Crippen molar-refractivity contribution >= 4 is 15.9 Å². The normalized spacial score (nSPS) is 12.1. The molecule has 1 unspecified atom stereocenters. The van der Waals surface area contributed by atoms with Crippen LogP contribution >= 0.6 is 15.9 Å². The Kier molecular flexibility index (Phi) is 4.85. The Hall–Kier alpha value is -1.59. The van der Waals surface area contributed by atoms with Crippen molar-refractivity contribution in [3.05, 3.63) is 57.3 Å². The van der Waals surface area contributed by atoms with Gasteiger partial charge in [-0.05, 0) is 36.2 Å². The number of aliphatic hydroxyl groups excluding tert-OH is 1. The quantitative estimate of drug-likeness (QED) is 0.901. The SMILES string of the molecule is COc1cc(F)c(C(O)c2ccc(Br)cc2C)cc1OC. The first-order valence-electron chi connectivity index (χ1n) is 6.33. The van der Waals surface area contributed by atoms with Crippen LogP contribution in [-0.4, -0.2) is 19.3 Å². The predicted molar refractivity (Wildman–Crippen MR) is 82.4 cm³/mol. The van der Waals surface area contributed by atoms with Gasteiger partial charge in [0.2, 0.25) is 0 Å². The Balaban J connectivity index is 2.50. The van der Waals surface area contributed by atoms with Crippen molar-refractivity contribution in [2.24, 2.45) is 0 Å². The molecule has 0 aromatic heterocycles. The highest BCUT2D eigenvalue weighted by molar-refractivity contribution is 9.10. The van der Waals surface area contributed by atoms with E-state index in [-0.39, 0.29) is 5.56 Å². The Morgan fingerprint density at radius 1 is 1.05 bits per heavy atom. The second kappa shape index (κ2) is 6.45. The Morgan fingerprint density at radius 3 is 2.24 bits per heavy atom. The van der Waals surface area contributed by atoms with Crippen molar-refractivity contribution in [3.8, 4) is 11.5 Å². The van der Waals surface area contributed by atoms with Crippen LogP contribution in [-0.2, 0) is 0 Å². The number of rotatable bonds is 4. The van der Waals surface area contributed by atoms with Crippen LogP contribution in [0.4, 0.5) is 4.39 Å². The molecule has 1 atom stereocenters. The van der Waals surface area contributed by atoms with Crippen LogP contribution in [0.2, 0.25) is 0 Å². The Bertz CT molecular complexity index is 658. The van der Waals surface area contributed by atoms with Crippen LogP contribution < -0.4 is 9.47 Å². The van der Waals surface area contributed by atoms with E-state index in [1.54, 1.807) is 6.07 Å². The lowest BCUT2D eigenvalue weighted by Crippen LogP contribution is -2.06. The van der Waals surface area contributed by atoms with Crippen molar-refractivity contribution in [1.82, 2.24) is 0 Å². The van der Waals surface area contributed by atoms with Crippen LogP contribution in [0.1, 0.15) is 22.8 Å². The molecule has 21 heavy (non-hydrogen) atoms. The van der Waals surface area contributed by atoms with E-state index in [4.69, 9.17) is 9.47 Å². The first-order chi connectivity index (χ1) is 9.97. The van der Waals surface area contributed by atoms with Gasteiger partial charge in [-0.25, -0.2) is 4.39 Å². The molecule has 2 rings (SSSR count). The number of benzene rings is 2. The molecular weight excluding hydrogens is 339 g/mol. The first kappa shape index (κ1) is 15.8. The fraction of sp³-hybridized carbons (Fsp3) is 0.250. The molecule has 0 aliphatic heterocycles. The van der Waals surface area contributed by atoms with Gasteiger partial charge >= 0.3 is 0 Å². The van der Waals surface area contributed by atoms with E-state index in [2.05, 4.69) is 15.9 Å². The summed E-state index contributed by atoms with van der Waals surface area (Å²) in [6.45, 7) is 1.86. The fourth-order valence-corrected chi connectivity index (χ4v) is 2.67. The van der Waals surface area contributed by atoms with Gasteiger partial charge in [-0.1, -0.05) is 22.0 Å². The third kappa shape index (κ3) is 3.19. The number of halogens is 2. The van der Waals surface area contributed by atoms with Gasteiger partial charge in [-0.15, -0.1) is 0 Å². The lowest BCUT2D eigenvalue weighted by molar-refractivity contribution is 0.213. The number of hydrogen-bond donors (Lipinski definition) is 1. The van der Waals surface area contributed by atoms with Gasteiger partial charge in [0.25, 0.3) is 0 Å². The van der Waals surface area contributed by atoms with Gasteiger partial charge in [-0.2, -0.15) is 0 Å². The third-order valence-electron chi connectivity index (χ3n) is 3.32. The molecule has 112 valence electrons. The minimum atomic E-state index is -1.07. The summed E-state index contributed by atoms with van der Waals surface area (Å²) in [6.07, 6.45) is -1.07. The second-order valence-corrected chi connectivity index (χ2v) is 5.55. The number of methoxy groups -OCH3 is 2. The van der Waals surface area contributed by atoms with Crippen molar-refractivity contribution in [3.63, 3.8) is 0 Å². The molecular formula is C16H16BrFO3. The van der Waals surface area contributed by atoms with Gasteiger partial charge in [0.05, 0.1) is 14.2 Å². The molecule has 0 heterocycles. The molecule has 0 radical (unpaired) electrons. The summed E-state index contributed by atoms with van der Waals surface area (Å²) >= 11 is 3.37. The third-order valence-corrected chi connectivity index (χ3v) is 3.82. The number of hydrogen-bond acceptors (Lipinski definition) is 3. The van der Waals surface area contributed by atoms with E-state index in [0.717, 1.165) is 10.0 Å². The van der Waals surface area contributed by atoms with Gasteiger partial charge < -0.3 is 14.6 Å². The summed E-state index contributed by atoms with van der Waals surface area (Å²) in [5.74, 6) is 0.128. The molecule has 3 nitrogen and oxygen atoms in total. The minimum absolute atomic E-state index is 0.151. The van der Waals surface area contributed by atoms with Gasteiger partial charge in [-0.3, -0.25) is 0 Å². The molecule has 2 aromatic carbocycles. The van der Waals surface area contributed by atoms with E-state index in [0.29, 0.717) is 17.1 Å². The van der Waals surface area contributed by atoms with Gasteiger partial charge in [0.15, 0.2) is 11.5 Å². The van der Waals surface area contributed by atoms with E-state index >= 15 is 0 Å². The van der Waals surface area contributed by atoms with E-state index in [1.807, 2.05) is 19.1 Å². The highest BCUT2D eigenvalue weighted by Crippen LogP contribution is 2.35. The predicted octanol–water partition coefficient (Wildman–Crippen LogP) is 4.00. The van der Waals surface area contributed by atoms with E-state index < -0.39 is 11.9 Å². The van der Waals surface area contributed by atoms with E-state index in [9.17, 15) is 9.50 Å². The highest BCUT2D eigenvalue weighted by Gasteiger charge is 2.20. The molecule has 0 saturated carbocycles. The maximum absolute atomic E-state index is 14.2. The van der Waals surface area contributed by atoms with Crippen LogP contribution in [0.5, 0.6) is 11.5 Å². The summed E-state index contributed by atoms with van der Waals surface area (Å²) in [7, 11) is 2.91. The second-order valence-electron chi connectivity index (χ2n) is 4.63. The van der Waals surface area contributed by atoms with Crippen molar-refractivity contribution in [2.75, 3.05) is 14.2 Å². The maximum Gasteiger partial charge on any atom is 0.163 e. The zero-order valence-corrected chi connectivity index (χ0v) is 13.6. The average molecular weight is 355 g/mol. The lowest BCUT2D eigenvalue weighted by Gasteiger charge is -2.17. The monoisotopic (exact) mass is 354 g/mol. The largest absolute Gasteiger partial charge is 0.493 e. The Morgan fingerprint density at radius 2 is 1.67 bits per heavy atom. The van der Waals surface area contributed by atoms with Crippen molar-refractivity contribution in [2.45, 2.75) is 13.0 Å². The molecule has 0 fully saturated rings. The Labute approximate surface area is 131 Å². The molecule has 0 bridgehead atoms. The molecule has 0 aliphatic rings. The van der Waals surface area contributed by atoms with Gasteiger partial charge in [0.1, 0.15) is 11.9 Å². The first-order valence-corrected chi connectivity index (χ1v) is 7.12.